The van der Waals surface area contributed by atoms with E-state index in [-0.39, 0.29) is 11.7 Å². The lowest BCUT2D eigenvalue weighted by Gasteiger charge is -2.15. The number of methoxy groups -OCH3 is 1. The van der Waals surface area contributed by atoms with Crippen molar-refractivity contribution in [1.29, 1.82) is 0 Å². The van der Waals surface area contributed by atoms with Crippen molar-refractivity contribution in [2.45, 2.75) is 6.04 Å². The van der Waals surface area contributed by atoms with E-state index in [1.54, 1.807) is 6.08 Å². The van der Waals surface area contributed by atoms with E-state index >= 15 is 0 Å². The molecule has 0 spiro atoms. The third-order valence-corrected chi connectivity index (χ3v) is 3.48. The molecular formula is C14H17NO4S. The van der Waals surface area contributed by atoms with Crippen molar-refractivity contribution in [2.75, 3.05) is 18.6 Å². The number of esters is 1. The van der Waals surface area contributed by atoms with E-state index in [4.69, 9.17) is 0 Å². The topological polar surface area (TPSA) is 75.6 Å². The summed E-state index contributed by atoms with van der Waals surface area (Å²) in [5.41, 5.74) is 0.366. The minimum absolute atomic E-state index is 0.0765. The third-order valence-electron chi connectivity index (χ3n) is 2.44. The zero-order valence-corrected chi connectivity index (χ0v) is 12.0. The molecule has 0 unspecified atom stereocenters. The fraction of sp³-hybridized carbons (Fsp3) is 0.286. The van der Waals surface area contributed by atoms with Crippen LogP contribution in [0.3, 0.4) is 0 Å². The van der Waals surface area contributed by atoms with Crippen LogP contribution in [0, 0.1) is 0 Å². The Labute approximate surface area is 122 Å². The summed E-state index contributed by atoms with van der Waals surface area (Å²) >= 11 is 1.47. The number of thioether (sulfide) groups is 1. The lowest BCUT2D eigenvalue weighted by Crippen LogP contribution is -2.43. The zero-order chi connectivity index (χ0) is 15.0. The van der Waals surface area contributed by atoms with Crippen LogP contribution in [0.2, 0.25) is 0 Å². The molecule has 0 aliphatic carbocycles. The number of ether oxygens (including phenoxy) is 1. The van der Waals surface area contributed by atoms with Gasteiger partial charge in [0.25, 0.3) is 5.91 Å². The molecule has 0 saturated heterocycles. The van der Waals surface area contributed by atoms with E-state index in [1.807, 2.05) is 0 Å². The zero-order valence-electron chi connectivity index (χ0n) is 11.2. The molecule has 20 heavy (non-hydrogen) atoms. The normalized spacial score (nSPS) is 11.4. The van der Waals surface area contributed by atoms with Gasteiger partial charge in [-0.3, -0.25) is 4.79 Å². The lowest BCUT2D eigenvalue weighted by molar-refractivity contribution is -0.142. The van der Waals surface area contributed by atoms with Gasteiger partial charge in [-0.1, -0.05) is 6.08 Å². The Morgan fingerprint density at radius 2 is 2.10 bits per heavy atom. The Balaban J connectivity index is 2.67. The molecule has 6 heteroatoms. The molecule has 0 aliphatic heterocycles. The van der Waals surface area contributed by atoms with Gasteiger partial charge in [0.1, 0.15) is 11.8 Å². The number of amides is 1. The van der Waals surface area contributed by atoms with Crippen molar-refractivity contribution >= 4 is 23.6 Å². The summed E-state index contributed by atoms with van der Waals surface area (Å²) < 4.78 is 4.67. The van der Waals surface area contributed by atoms with E-state index in [9.17, 15) is 14.7 Å². The van der Waals surface area contributed by atoms with Gasteiger partial charge in [0.2, 0.25) is 0 Å². The molecule has 0 bridgehead atoms. The second kappa shape index (κ2) is 8.27. The summed E-state index contributed by atoms with van der Waals surface area (Å²) in [5.74, 6) is 0.284. The minimum atomic E-state index is -0.716. The Bertz CT molecular complexity index is 473. The van der Waals surface area contributed by atoms with Crippen LogP contribution in [0.5, 0.6) is 5.75 Å². The first-order valence-electron chi connectivity index (χ1n) is 5.95. The molecule has 0 aromatic heterocycles. The van der Waals surface area contributed by atoms with Crippen LogP contribution in [-0.4, -0.2) is 41.6 Å². The summed E-state index contributed by atoms with van der Waals surface area (Å²) in [5, 5.41) is 11.8. The molecule has 0 fully saturated rings. The van der Waals surface area contributed by atoms with E-state index in [2.05, 4.69) is 16.6 Å². The fourth-order valence-corrected chi connectivity index (χ4v) is 2.19. The highest BCUT2D eigenvalue weighted by Crippen LogP contribution is 2.10. The lowest BCUT2D eigenvalue weighted by atomic mass is 10.2. The smallest absolute Gasteiger partial charge is 0.329 e. The van der Waals surface area contributed by atoms with Gasteiger partial charge in [-0.2, -0.15) is 11.8 Å². The molecule has 1 aromatic rings. The van der Waals surface area contributed by atoms with Gasteiger partial charge in [-0.05, 0) is 24.3 Å². The maximum absolute atomic E-state index is 12.0. The van der Waals surface area contributed by atoms with Crippen LogP contribution in [0.4, 0.5) is 0 Å². The molecule has 0 radical (unpaired) electrons. The van der Waals surface area contributed by atoms with Crippen molar-refractivity contribution in [2.24, 2.45) is 0 Å². The van der Waals surface area contributed by atoms with Gasteiger partial charge in [-0.15, -0.1) is 6.58 Å². The fourth-order valence-electron chi connectivity index (χ4n) is 1.43. The number of benzene rings is 1. The van der Waals surface area contributed by atoms with E-state index in [0.717, 1.165) is 0 Å². The first-order valence-corrected chi connectivity index (χ1v) is 7.10. The predicted molar refractivity (Wildman–Crippen MR) is 78.9 cm³/mol. The van der Waals surface area contributed by atoms with Crippen LogP contribution in [-0.2, 0) is 9.53 Å². The summed E-state index contributed by atoms with van der Waals surface area (Å²) in [7, 11) is 1.28. The van der Waals surface area contributed by atoms with Crippen LogP contribution < -0.4 is 5.32 Å². The van der Waals surface area contributed by atoms with Gasteiger partial charge in [0.15, 0.2) is 0 Å². The van der Waals surface area contributed by atoms with Crippen molar-refractivity contribution < 1.29 is 19.4 Å². The molecule has 5 nitrogen and oxygen atoms in total. The average molecular weight is 295 g/mol. The Morgan fingerprint density at radius 1 is 1.45 bits per heavy atom. The molecule has 1 rings (SSSR count). The maximum atomic E-state index is 12.0. The second-order valence-corrected chi connectivity index (χ2v) is 5.00. The minimum Gasteiger partial charge on any atom is -0.508 e. The predicted octanol–water partition coefficient (Wildman–Crippen LogP) is 1.58. The maximum Gasteiger partial charge on any atom is 0.329 e. The van der Waals surface area contributed by atoms with Crippen LogP contribution in [0.15, 0.2) is 36.9 Å². The van der Waals surface area contributed by atoms with Crippen molar-refractivity contribution in [3.63, 3.8) is 0 Å². The van der Waals surface area contributed by atoms with Crippen molar-refractivity contribution in [3.05, 3.63) is 42.5 Å². The number of carbonyl (C=O) groups is 2. The molecule has 0 heterocycles. The summed E-state index contributed by atoms with van der Waals surface area (Å²) in [4.78, 5) is 23.6. The molecular weight excluding hydrogens is 278 g/mol. The number of carbonyl (C=O) groups excluding carboxylic acids is 2. The highest BCUT2D eigenvalue weighted by molar-refractivity contribution is 7.99. The largest absolute Gasteiger partial charge is 0.508 e. The number of hydrogen-bond acceptors (Lipinski definition) is 5. The van der Waals surface area contributed by atoms with Crippen LogP contribution >= 0.6 is 11.8 Å². The standard InChI is InChI=1S/C14H17NO4S/c1-3-8-20-9-12(14(18)19-2)15-13(17)10-4-6-11(16)7-5-10/h3-7,12,16H,1,8-9H2,2H3,(H,15,17)/t12-/m0/s1. The SMILES string of the molecule is C=CCSC[C@H](NC(=O)c1ccc(O)cc1)C(=O)OC. The molecule has 1 atom stereocenters. The van der Waals surface area contributed by atoms with Crippen LogP contribution in [0.25, 0.3) is 0 Å². The quantitative estimate of drug-likeness (QED) is 0.454. The average Bonchev–Trinajstić information content (AvgIpc) is 2.46. The Morgan fingerprint density at radius 3 is 2.65 bits per heavy atom. The van der Waals surface area contributed by atoms with E-state index in [1.165, 1.54) is 43.1 Å². The Kier molecular flexibility index (Phi) is 6.66. The summed E-state index contributed by atoms with van der Waals surface area (Å²) in [6, 6.07) is 5.07. The molecule has 1 aromatic carbocycles. The molecule has 2 N–H and O–H groups in total. The monoisotopic (exact) mass is 295 g/mol. The molecule has 0 aliphatic rings. The Hall–Kier alpha value is -1.95. The number of phenolic OH excluding ortho intramolecular Hbond substituents is 1. The summed E-state index contributed by atoms with van der Waals surface area (Å²) in [6.45, 7) is 3.59. The van der Waals surface area contributed by atoms with Crippen LogP contribution in [0.1, 0.15) is 10.4 Å². The number of aromatic hydroxyl groups is 1. The van der Waals surface area contributed by atoms with E-state index in [0.29, 0.717) is 17.1 Å². The summed E-state index contributed by atoms with van der Waals surface area (Å²) in [6.07, 6.45) is 1.72. The number of phenols is 1. The van der Waals surface area contributed by atoms with Gasteiger partial charge >= 0.3 is 5.97 Å². The first-order chi connectivity index (χ1) is 9.58. The second-order valence-electron chi connectivity index (χ2n) is 3.92. The van der Waals surface area contributed by atoms with E-state index < -0.39 is 12.0 Å². The number of hydrogen-bond donors (Lipinski definition) is 2. The van der Waals surface area contributed by atoms with Crippen molar-refractivity contribution in [1.82, 2.24) is 5.32 Å². The third kappa shape index (κ3) is 4.97. The highest BCUT2D eigenvalue weighted by Gasteiger charge is 2.21. The van der Waals surface area contributed by atoms with Gasteiger partial charge in [0.05, 0.1) is 7.11 Å². The molecule has 108 valence electrons. The van der Waals surface area contributed by atoms with Gasteiger partial charge in [-0.25, -0.2) is 4.79 Å². The number of rotatable bonds is 7. The van der Waals surface area contributed by atoms with Crippen molar-refractivity contribution in [3.8, 4) is 5.75 Å². The van der Waals surface area contributed by atoms with Gasteiger partial charge < -0.3 is 15.2 Å². The number of nitrogens with one attached hydrogen (secondary N) is 1. The first kappa shape index (κ1) is 16.1. The van der Waals surface area contributed by atoms with Gasteiger partial charge in [0, 0.05) is 17.1 Å². The highest BCUT2D eigenvalue weighted by atomic mass is 32.2. The molecule has 0 saturated carbocycles. The molecule has 1 amide bonds.